The number of guanidine groups is 1. The molecule has 0 spiro atoms. The summed E-state index contributed by atoms with van der Waals surface area (Å²) in [5.74, 6) is 1.86. The summed E-state index contributed by atoms with van der Waals surface area (Å²) in [4.78, 5) is 6.79. The fourth-order valence-corrected chi connectivity index (χ4v) is 2.61. The molecule has 2 atom stereocenters. The monoisotopic (exact) mass is 277 g/mol. The fraction of sp³-hybridized carbons (Fsp3) is 0.733. The minimum atomic E-state index is 0.622. The van der Waals surface area contributed by atoms with Crippen LogP contribution in [0, 0.1) is 5.92 Å². The predicted octanol–water partition coefficient (Wildman–Crippen LogP) is 2.01. The van der Waals surface area contributed by atoms with E-state index in [1.54, 1.807) is 0 Å². The molecule has 2 unspecified atom stereocenters. The first-order valence-corrected chi connectivity index (χ1v) is 7.63. The van der Waals surface area contributed by atoms with Crippen LogP contribution in [0.5, 0.6) is 0 Å². The number of aryl methyl sites for hydroxylation is 1. The van der Waals surface area contributed by atoms with E-state index in [1.165, 1.54) is 24.8 Å². The first-order valence-electron chi connectivity index (χ1n) is 7.63. The van der Waals surface area contributed by atoms with Crippen LogP contribution in [0.25, 0.3) is 0 Å². The lowest BCUT2D eigenvalue weighted by atomic mass is 10.2. The van der Waals surface area contributed by atoms with Crippen LogP contribution in [0.15, 0.2) is 17.4 Å². The summed E-state index contributed by atoms with van der Waals surface area (Å²) in [6, 6.07) is 0.622. The van der Waals surface area contributed by atoms with E-state index in [1.807, 2.05) is 17.9 Å². The molecule has 1 aromatic heterocycles. The van der Waals surface area contributed by atoms with Crippen LogP contribution in [0.4, 0.5) is 0 Å². The molecule has 1 aliphatic rings. The van der Waals surface area contributed by atoms with Gasteiger partial charge < -0.3 is 10.2 Å². The number of nitrogens with one attached hydrogen (secondary N) is 1. The van der Waals surface area contributed by atoms with Gasteiger partial charge in [0.25, 0.3) is 0 Å². The number of aliphatic imine (C=N–C) groups is 1. The van der Waals surface area contributed by atoms with Gasteiger partial charge in [-0.2, -0.15) is 5.10 Å². The zero-order valence-corrected chi connectivity index (χ0v) is 13.1. The van der Waals surface area contributed by atoms with E-state index in [4.69, 9.17) is 0 Å². The van der Waals surface area contributed by atoms with Crippen molar-refractivity contribution in [1.82, 2.24) is 20.0 Å². The molecule has 1 aliphatic carbocycles. The van der Waals surface area contributed by atoms with E-state index < -0.39 is 0 Å². The summed E-state index contributed by atoms with van der Waals surface area (Å²) < 4.78 is 1.84. The maximum Gasteiger partial charge on any atom is 0.194 e. The quantitative estimate of drug-likeness (QED) is 0.639. The highest BCUT2D eigenvalue weighted by molar-refractivity contribution is 5.80. The Kier molecular flexibility index (Phi) is 5.04. The third-order valence-corrected chi connectivity index (χ3v) is 3.74. The van der Waals surface area contributed by atoms with Crippen LogP contribution >= 0.6 is 0 Å². The van der Waals surface area contributed by atoms with Crippen molar-refractivity contribution in [2.45, 2.75) is 45.7 Å². The molecule has 0 aliphatic heterocycles. The Labute approximate surface area is 122 Å². The second-order valence-electron chi connectivity index (χ2n) is 5.71. The van der Waals surface area contributed by atoms with Crippen molar-refractivity contribution in [3.05, 3.63) is 18.0 Å². The van der Waals surface area contributed by atoms with Crippen molar-refractivity contribution in [3.63, 3.8) is 0 Å². The smallest absolute Gasteiger partial charge is 0.194 e. The van der Waals surface area contributed by atoms with Gasteiger partial charge in [-0.15, -0.1) is 0 Å². The summed E-state index contributed by atoms with van der Waals surface area (Å²) in [5.41, 5.74) is 1.21. The van der Waals surface area contributed by atoms with E-state index in [2.05, 4.69) is 47.4 Å². The van der Waals surface area contributed by atoms with Crippen molar-refractivity contribution in [1.29, 1.82) is 0 Å². The molecule has 0 radical (unpaired) electrons. The van der Waals surface area contributed by atoms with E-state index in [0.717, 1.165) is 25.0 Å². The van der Waals surface area contributed by atoms with E-state index in [0.29, 0.717) is 6.04 Å². The first-order chi connectivity index (χ1) is 9.63. The van der Waals surface area contributed by atoms with Crippen LogP contribution < -0.4 is 5.32 Å². The zero-order chi connectivity index (χ0) is 14.5. The Balaban J connectivity index is 1.89. The molecule has 1 saturated carbocycles. The van der Waals surface area contributed by atoms with Crippen molar-refractivity contribution in [2.75, 3.05) is 13.6 Å². The third kappa shape index (κ3) is 3.99. The SMILES string of the molecule is CCCC1CC1NC(=NCC)N(C)Cc1cnn(C)c1. The van der Waals surface area contributed by atoms with Crippen molar-refractivity contribution < 1.29 is 0 Å². The number of aromatic nitrogens is 2. The largest absolute Gasteiger partial charge is 0.353 e. The molecule has 112 valence electrons. The Morgan fingerprint density at radius 1 is 1.55 bits per heavy atom. The van der Waals surface area contributed by atoms with Gasteiger partial charge in [0.05, 0.1) is 6.20 Å². The number of rotatable bonds is 6. The van der Waals surface area contributed by atoms with Crippen LogP contribution in [-0.4, -0.2) is 40.3 Å². The summed E-state index contributed by atoms with van der Waals surface area (Å²) >= 11 is 0. The van der Waals surface area contributed by atoms with Crippen LogP contribution in [-0.2, 0) is 13.6 Å². The third-order valence-electron chi connectivity index (χ3n) is 3.74. The topological polar surface area (TPSA) is 45.5 Å². The fourth-order valence-electron chi connectivity index (χ4n) is 2.61. The zero-order valence-electron chi connectivity index (χ0n) is 13.1. The van der Waals surface area contributed by atoms with Gasteiger partial charge in [-0.25, -0.2) is 0 Å². The second kappa shape index (κ2) is 6.77. The molecule has 1 N–H and O–H groups in total. The van der Waals surface area contributed by atoms with Gasteiger partial charge >= 0.3 is 0 Å². The Bertz CT molecular complexity index is 451. The summed E-state index contributed by atoms with van der Waals surface area (Å²) in [5, 5.41) is 7.82. The van der Waals surface area contributed by atoms with Gasteiger partial charge in [0.15, 0.2) is 5.96 Å². The molecule has 2 rings (SSSR count). The van der Waals surface area contributed by atoms with Crippen LogP contribution in [0.3, 0.4) is 0 Å². The Hall–Kier alpha value is -1.52. The molecule has 5 nitrogen and oxygen atoms in total. The highest BCUT2D eigenvalue weighted by atomic mass is 15.3. The van der Waals surface area contributed by atoms with Crippen molar-refractivity contribution in [2.24, 2.45) is 18.0 Å². The van der Waals surface area contributed by atoms with Crippen molar-refractivity contribution in [3.8, 4) is 0 Å². The minimum Gasteiger partial charge on any atom is -0.353 e. The Morgan fingerprint density at radius 2 is 2.35 bits per heavy atom. The number of hydrogen-bond acceptors (Lipinski definition) is 2. The molecule has 1 heterocycles. The molecule has 20 heavy (non-hydrogen) atoms. The number of hydrogen-bond donors (Lipinski definition) is 1. The van der Waals surface area contributed by atoms with E-state index in [-0.39, 0.29) is 0 Å². The first kappa shape index (κ1) is 14.9. The lowest BCUT2D eigenvalue weighted by Gasteiger charge is -2.22. The molecule has 1 aromatic rings. The molecular formula is C15H27N5. The average Bonchev–Trinajstić information content (AvgIpc) is 3.00. The molecule has 1 fully saturated rings. The standard InChI is InChI=1S/C15H27N5/c1-5-7-13-8-14(13)18-15(16-6-2)19(3)10-12-9-17-20(4)11-12/h9,11,13-14H,5-8,10H2,1-4H3,(H,16,18). The average molecular weight is 277 g/mol. The van der Waals surface area contributed by atoms with Crippen LogP contribution in [0.2, 0.25) is 0 Å². The maximum atomic E-state index is 4.61. The van der Waals surface area contributed by atoms with Gasteiger partial charge in [-0.3, -0.25) is 9.67 Å². The van der Waals surface area contributed by atoms with Crippen LogP contribution in [0.1, 0.15) is 38.7 Å². The molecule has 0 saturated heterocycles. The second-order valence-corrected chi connectivity index (χ2v) is 5.71. The highest BCUT2D eigenvalue weighted by Gasteiger charge is 2.37. The summed E-state index contributed by atoms with van der Waals surface area (Å²) in [7, 11) is 4.04. The van der Waals surface area contributed by atoms with Gasteiger partial charge in [0.2, 0.25) is 0 Å². The molecular weight excluding hydrogens is 250 g/mol. The lowest BCUT2D eigenvalue weighted by molar-refractivity contribution is 0.471. The molecule has 0 amide bonds. The minimum absolute atomic E-state index is 0.622. The molecule has 0 bridgehead atoms. The van der Waals surface area contributed by atoms with E-state index in [9.17, 15) is 0 Å². The van der Waals surface area contributed by atoms with Crippen molar-refractivity contribution >= 4 is 5.96 Å². The normalized spacial score (nSPS) is 21.9. The predicted molar refractivity (Wildman–Crippen MR) is 82.6 cm³/mol. The van der Waals surface area contributed by atoms with Gasteiger partial charge in [-0.1, -0.05) is 13.3 Å². The molecule has 0 aromatic carbocycles. The summed E-state index contributed by atoms with van der Waals surface area (Å²) in [6.45, 7) is 5.98. The Morgan fingerprint density at radius 3 is 2.95 bits per heavy atom. The number of nitrogens with zero attached hydrogens (tertiary/aromatic N) is 4. The van der Waals surface area contributed by atoms with Gasteiger partial charge in [0, 0.05) is 45.0 Å². The maximum absolute atomic E-state index is 4.61. The van der Waals surface area contributed by atoms with E-state index >= 15 is 0 Å². The molecule has 5 heteroatoms. The summed E-state index contributed by atoms with van der Waals surface area (Å²) in [6.07, 6.45) is 7.85. The highest BCUT2D eigenvalue weighted by Crippen LogP contribution is 2.34. The van der Waals surface area contributed by atoms with Gasteiger partial charge in [0.1, 0.15) is 0 Å². The van der Waals surface area contributed by atoms with Gasteiger partial charge in [-0.05, 0) is 25.7 Å². The lowest BCUT2D eigenvalue weighted by Crippen LogP contribution is -2.40.